The molecule has 2 aromatic rings. The van der Waals surface area contributed by atoms with E-state index in [-0.39, 0.29) is 10.6 Å². The van der Waals surface area contributed by atoms with Crippen molar-refractivity contribution < 1.29 is 17.3 Å². The monoisotopic (exact) mass is 370 g/mol. The Kier molecular flexibility index (Phi) is 4.58. The van der Waals surface area contributed by atoms with Gasteiger partial charge in [0, 0.05) is 4.47 Å². The van der Waals surface area contributed by atoms with Crippen LogP contribution in [0.15, 0.2) is 45.8 Å². The van der Waals surface area contributed by atoms with Crippen LogP contribution in [0, 0.1) is 13.8 Å². The summed E-state index contributed by atoms with van der Waals surface area (Å²) in [6.45, 7) is 3.56. The number of benzene rings is 2. The van der Waals surface area contributed by atoms with Crippen LogP contribution in [-0.2, 0) is 10.1 Å². The Morgan fingerprint density at radius 1 is 0.952 bits per heavy atom. The molecule has 2 rings (SSSR count). The van der Waals surface area contributed by atoms with Gasteiger partial charge in [-0.05, 0) is 61.4 Å². The maximum absolute atomic E-state index is 12.4. The van der Waals surface area contributed by atoms with Crippen molar-refractivity contribution in [2.45, 2.75) is 18.7 Å². The third-order valence-corrected chi connectivity index (χ3v) is 5.24. The first kappa shape index (κ1) is 15.9. The van der Waals surface area contributed by atoms with E-state index in [4.69, 9.17) is 8.92 Å². The molecule has 0 fully saturated rings. The predicted molar refractivity (Wildman–Crippen MR) is 84.4 cm³/mol. The molecule has 0 atom stereocenters. The highest BCUT2D eigenvalue weighted by atomic mass is 79.9. The summed E-state index contributed by atoms with van der Waals surface area (Å²) in [6.07, 6.45) is 0. The molecule has 0 aliphatic rings. The Hall–Kier alpha value is -1.53. The van der Waals surface area contributed by atoms with Gasteiger partial charge >= 0.3 is 10.1 Å². The lowest BCUT2D eigenvalue weighted by Gasteiger charge is -2.11. The highest BCUT2D eigenvalue weighted by Gasteiger charge is 2.20. The van der Waals surface area contributed by atoms with Gasteiger partial charge in [0.25, 0.3) is 0 Å². The van der Waals surface area contributed by atoms with E-state index in [1.807, 2.05) is 6.92 Å². The van der Waals surface area contributed by atoms with Gasteiger partial charge in [-0.2, -0.15) is 8.42 Å². The fourth-order valence-electron chi connectivity index (χ4n) is 1.83. The van der Waals surface area contributed by atoms with Crippen LogP contribution in [0.5, 0.6) is 11.5 Å². The fourth-order valence-corrected chi connectivity index (χ4v) is 3.51. The van der Waals surface area contributed by atoms with Gasteiger partial charge in [0.2, 0.25) is 0 Å². The zero-order valence-electron chi connectivity index (χ0n) is 11.9. The maximum Gasteiger partial charge on any atom is 0.339 e. The van der Waals surface area contributed by atoms with Crippen LogP contribution < -0.4 is 8.92 Å². The molecule has 0 aliphatic heterocycles. The molecule has 0 N–H and O–H groups in total. The Morgan fingerprint density at radius 2 is 1.52 bits per heavy atom. The quantitative estimate of drug-likeness (QED) is 0.767. The molecule has 0 spiro atoms. The highest BCUT2D eigenvalue weighted by molar-refractivity contribution is 9.10. The van der Waals surface area contributed by atoms with Crippen LogP contribution in [0.1, 0.15) is 11.1 Å². The van der Waals surface area contributed by atoms with Crippen molar-refractivity contribution in [2.75, 3.05) is 7.11 Å². The SMILES string of the molecule is COc1ccc(OS(=O)(=O)c2cc(C)c(Br)cc2C)cc1. The van der Waals surface area contributed by atoms with E-state index in [0.717, 1.165) is 10.0 Å². The van der Waals surface area contributed by atoms with Crippen LogP contribution in [-0.4, -0.2) is 15.5 Å². The van der Waals surface area contributed by atoms with Crippen LogP contribution in [0.25, 0.3) is 0 Å². The summed E-state index contributed by atoms with van der Waals surface area (Å²) >= 11 is 3.38. The summed E-state index contributed by atoms with van der Waals surface area (Å²) in [7, 11) is -2.32. The van der Waals surface area contributed by atoms with Crippen LogP contribution >= 0.6 is 15.9 Å². The van der Waals surface area contributed by atoms with Gasteiger partial charge in [0.1, 0.15) is 16.4 Å². The van der Waals surface area contributed by atoms with Crippen molar-refractivity contribution >= 4 is 26.0 Å². The Bertz CT molecular complexity index is 752. The van der Waals surface area contributed by atoms with E-state index in [0.29, 0.717) is 11.3 Å². The lowest BCUT2D eigenvalue weighted by molar-refractivity contribution is 0.413. The minimum Gasteiger partial charge on any atom is -0.497 e. The molecule has 4 nitrogen and oxygen atoms in total. The lowest BCUT2D eigenvalue weighted by atomic mass is 10.2. The van der Waals surface area contributed by atoms with Crippen LogP contribution in [0.4, 0.5) is 0 Å². The summed E-state index contributed by atoms with van der Waals surface area (Å²) in [5.74, 6) is 0.881. The number of rotatable bonds is 4. The van der Waals surface area contributed by atoms with Gasteiger partial charge in [-0.1, -0.05) is 15.9 Å². The Balaban J connectivity index is 2.35. The van der Waals surface area contributed by atoms with Crippen molar-refractivity contribution in [1.29, 1.82) is 0 Å². The van der Waals surface area contributed by atoms with E-state index in [2.05, 4.69) is 15.9 Å². The van der Waals surface area contributed by atoms with Gasteiger partial charge in [-0.15, -0.1) is 0 Å². The van der Waals surface area contributed by atoms with E-state index >= 15 is 0 Å². The number of hydrogen-bond donors (Lipinski definition) is 0. The highest BCUT2D eigenvalue weighted by Crippen LogP contribution is 2.27. The van der Waals surface area contributed by atoms with Crippen molar-refractivity contribution in [1.82, 2.24) is 0 Å². The first-order valence-corrected chi connectivity index (χ1v) is 8.39. The third-order valence-electron chi connectivity index (χ3n) is 2.99. The van der Waals surface area contributed by atoms with Crippen molar-refractivity contribution in [2.24, 2.45) is 0 Å². The standard InChI is InChI=1S/C15H15BrO4S/c1-10-9-15(11(2)8-14(10)16)21(17,18)20-13-6-4-12(19-3)5-7-13/h4-9H,1-3H3. The van der Waals surface area contributed by atoms with E-state index in [1.54, 1.807) is 50.4 Å². The van der Waals surface area contributed by atoms with Crippen molar-refractivity contribution in [3.63, 3.8) is 0 Å². The average Bonchev–Trinajstić information content (AvgIpc) is 2.43. The molecular weight excluding hydrogens is 356 g/mol. The molecule has 0 radical (unpaired) electrons. The summed E-state index contributed by atoms with van der Waals surface area (Å²) in [4.78, 5) is 0.166. The topological polar surface area (TPSA) is 52.6 Å². The second kappa shape index (κ2) is 6.07. The van der Waals surface area contributed by atoms with Gasteiger partial charge in [0.05, 0.1) is 7.11 Å². The number of ether oxygens (including phenoxy) is 1. The largest absolute Gasteiger partial charge is 0.497 e. The summed E-state index contributed by atoms with van der Waals surface area (Å²) in [6, 6.07) is 9.75. The number of halogens is 1. The number of hydrogen-bond acceptors (Lipinski definition) is 4. The zero-order chi connectivity index (χ0) is 15.6. The van der Waals surface area contributed by atoms with Crippen LogP contribution in [0.3, 0.4) is 0 Å². The molecule has 2 aromatic carbocycles. The molecule has 21 heavy (non-hydrogen) atoms. The zero-order valence-corrected chi connectivity index (χ0v) is 14.3. The second-order valence-electron chi connectivity index (χ2n) is 4.58. The molecular formula is C15H15BrO4S. The van der Waals surface area contributed by atoms with Gasteiger partial charge in [0.15, 0.2) is 0 Å². The smallest absolute Gasteiger partial charge is 0.339 e. The fraction of sp³-hybridized carbons (Fsp3) is 0.200. The van der Waals surface area contributed by atoms with Gasteiger partial charge in [-0.3, -0.25) is 0 Å². The third kappa shape index (κ3) is 3.57. The molecule has 0 aromatic heterocycles. The number of methoxy groups -OCH3 is 1. The van der Waals surface area contributed by atoms with E-state index in [9.17, 15) is 8.42 Å². The second-order valence-corrected chi connectivity index (χ2v) is 6.95. The lowest BCUT2D eigenvalue weighted by Crippen LogP contribution is -2.11. The summed E-state index contributed by atoms with van der Waals surface area (Å²) < 4.78 is 35.8. The first-order valence-electron chi connectivity index (χ1n) is 6.19. The molecule has 0 saturated heterocycles. The minimum absolute atomic E-state index is 0.166. The van der Waals surface area contributed by atoms with Crippen molar-refractivity contribution in [3.8, 4) is 11.5 Å². The summed E-state index contributed by atoms with van der Waals surface area (Å²) in [5, 5.41) is 0. The molecule has 0 saturated carbocycles. The molecule has 0 heterocycles. The van der Waals surface area contributed by atoms with Crippen LogP contribution in [0.2, 0.25) is 0 Å². The van der Waals surface area contributed by atoms with Crippen molar-refractivity contribution in [3.05, 3.63) is 52.0 Å². The molecule has 6 heteroatoms. The Morgan fingerprint density at radius 3 is 2.10 bits per heavy atom. The average molecular weight is 371 g/mol. The normalized spacial score (nSPS) is 11.2. The molecule has 112 valence electrons. The van der Waals surface area contributed by atoms with E-state index in [1.165, 1.54) is 0 Å². The minimum atomic E-state index is -3.86. The molecule has 0 amide bonds. The predicted octanol–water partition coefficient (Wildman–Crippen LogP) is 3.84. The van der Waals surface area contributed by atoms with E-state index < -0.39 is 10.1 Å². The molecule has 0 unspecified atom stereocenters. The van der Waals surface area contributed by atoms with Gasteiger partial charge in [-0.25, -0.2) is 0 Å². The Labute approximate surface area is 133 Å². The molecule has 0 aliphatic carbocycles. The molecule has 0 bridgehead atoms. The van der Waals surface area contributed by atoms with Gasteiger partial charge < -0.3 is 8.92 Å². The number of aryl methyl sites for hydroxylation is 2. The first-order chi connectivity index (χ1) is 9.83. The summed E-state index contributed by atoms with van der Waals surface area (Å²) in [5.41, 5.74) is 1.46. The maximum atomic E-state index is 12.4.